The smallest absolute Gasteiger partial charge is 0.241 e. The highest BCUT2D eigenvalue weighted by Gasteiger charge is 2.12. The van der Waals surface area contributed by atoms with Crippen LogP contribution in [0.25, 0.3) is 0 Å². The van der Waals surface area contributed by atoms with E-state index in [1.54, 1.807) is 4.90 Å². The Morgan fingerprint density at radius 1 is 1.44 bits per heavy atom. The first-order valence-corrected chi connectivity index (χ1v) is 5.99. The van der Waals surface area contributed by atoms with Crippen LogP contribution in [0.3, 0.4) is 0 Å². The molecule has 0 aromatic carbocycles. The van der Waals surface area contributed by atoms with Crippen LogP contribution in [0.4, 0.5) is 5.82 Å². The Morgan fingerprint density at radius 2 is 2.11 bits per heavy atom. The van der Waals surface area contributed by atoms with Crippen molar-refractivity contribution >= 4 is 29.6 Å². The van der Waals surface area contributed by atoms with Crippen molar-refractivity contribution in [3.8, 4) is 0 Å². The first-order chi connectivity index (χ1) is 8.63. The molecule has 0 aliphatic carbocycles. The molecule has 98 valence electrons. The minimum absolute atomic E-state index is 0.0633. The molecule has 1 amide bonds. The van der Waals surface area contributed by atoms with E-state index < -0.39 is 0 Å². The number of amides is 1. The lowest BCUT2D eigenvalue weighted by Crippen LogP contribution is -2.35. The molecule has 0 bridgehead atoms. The second kappa shape index (κ2) is 6.90. The molecule has 0 fully saturated rings. The van der Waals surface area contributed by atoms with Crippen molar-refractivity contribution in [3.05, 3.63) is 17.0 Å². The Hall–Kier alpha value is -1.69. The molecule has 1 rings (SSSR count). The van der Waals surface area contributed by atoms with Crippen LogP contribution in [0.15, 0.2) is 6.33 Å². The van der Waals surface area contributed by atoms with Gasteiger partial charge in [0.1, 0.15) is 17.3 Å². The van der Waals surface area contributed by atoms with E-state index in [2.05, 4.69) is 15.3 Å². The number of nitrogens with zero attached hydrogens (tertiary/aromatic N) is 3. The van der Waals surface area contributed by atoms with Gasteiger partial charge in [0.25, 0.3) is 0 Å². The number of likely N-dealkylation sites (N-methyl/N-ethyl adjacent to an activating group) is 1. The number of anilines is 1. The minimum atomic E-state index is -0.0633. The van der Waals surface area contributed by atoms with E-state index in [1.807, 2.05) is 13.8 Å². The SMILES string of the molecule is CCN(CC)C(=O)CNc1ncnc(Cl)c1C=O. The van der Waals surface area contributed by atoms with E-state index in [-0.39, 0.29) is 29.0 Å². The van der Waals surface area contributed by atoms with Gasteiger partial charge in [0.15, 0.2) is 6.29 Å². The molecule has 0 aliphatic heterocycles. The monoisotopic (exact) mass is 270 g/mol. The fourth-order valence-electron chi connectivity index (χ4n) is 1.47. The minimum Gasteiger partial charge on any atom is -0.360 e. The average Bonchev–Trinajstić information content (AvgIpc) is 2.37. The summed E-state index contributed by atoms with van der Waals surface area (Å²) in [6.45, 7) is 5.15. The van der Waals surface area contributed by atoms with Crippen LogP contribution in [-0.2, 0) is 4.79 Å². The highest BCUT2D eigenvalue weighted by Crippen LogP contribution is 2.16. The number of halogens is 1. The number of carbonyl (C=O) groups excluding carboxylic acids is 2. The highest BCUT2D eigenvalue weighted by atomic mass is 35.5. The second-order valence-electron chi connectivity index (χ2n) is 3.46. The number of nitrogens with one attached hydrogen (secondary N) is 1. The van der Waals surface area contributed by atoms with E-state index in [9.17, 15) is 9.59 Å². The van der Waals surface area contributed by atoms with E-state index in [0.29, 0.717) is 19.4 Å². The summed E-state index contributed by atoms with van der Waals surface area (Å²) >= 11 is 5.74. The molecule has 18 heavy (non-hydrogen) atoms. The van der Waals surface area contributed by atoms with Crippen LogP contribution in [0.5, 0.6) is 0 Å². The lowest BCUT2D eigenvalue weighted by molar-refractivity contribution is -0.128. The molecule has 0 spiro atoms. The molecule has 0 radical (unpaired) electrons. The standard InChI is InChI=1S/C11H15ClN4O2/c1-3-16(4-2)9(18)5-13-11-8(6-17)10(12)14-7-15-11/h6-7H,3-5H2,1-2H3,(H,13,14,15). The molecule has 6 nitrogen and oxygen atoms in total. The fourth-order valence-corrected chi connectivity index (χ4v) is 1.64. The summed E-state index contributed by atoms with van der Waals surface area (Å²) in [4.78, 5) is 31.9. The lowest BCUT2D eigenvalue weighted by Gasteiger charge is -2.19. The summed E-state index contributed by atoms with van der Waals surface area (Å²) in [7, 11) is 0. The van der Waals surface area contributed by atoms with Gasteiger partial charge in [-0.25, -0.2) is 9.97 Å². The van der Waals surface area contributed by atoms with Crippen LogP contribution < -0.4 is 5.32 Å². The van der Waals surface area contributed by atoms with Gasteiger partial charge in [-0.15, -0.1) is 0 Å². The third-order valence-corrected chi connectivity index (χ3v) is 2.78. The lowest BCUT2D eigenvalue weighted by atomic mass is 10.3. The zero-order chi connectivity index (χ0) is 13.5. The van der Waals surface area contributed by atoms with E-state index in [0.717, 1.165) is 0 Å². The van der Waals surface area contributed by atoms with Crippen LogP contribution in [0.1, 0.15) is 24.2 Å². The van der Waals surface area contributed by atoms with Gasteiger partial charge in [0.05, 0.1) is 12.1 Å². The van der Waals surface area contributed by atoms with Gasteiger partial charge in [-0.1, -0.05) is 11.6 Å². The molecule has 1 heterocycles. The number of aldehydes is 1. The van der Waals surface area contributed by atoms with E-state index in [1.165, 1.54) is 6.33 Å². The molecule has 0 saturated heterocycles. The molecule has 1 aromatic heterocycles. The largest absolute Gasteiger partial charge is 0.360 e. The molecular formula is C11H15ClN4O2. The van der Waals surface area contributed by atoms with Crippen molar-refractivity contribution < 1.29 is 9.59 Å². The van der Waals surface area contributed by atoms with E-state index in [4.69, 9.17) is 11.6 Å². The third kappa shape index (κ3) is 3.40. The number of hydrogen-bond acceptors (Lipinski definition) is 5. The molecule has 1 aromatic rings. The molecule has 7 heteroatoms. The van der Waals surface area contributed by atoms with Crippen LogP contribution in [-0.4, -0.2) is 46.7 Å². The van der Waals surface area contributed by atoms with Gasteiger partial charge in [-0.2, -0.15) is 0 Å². The third-order valence-electron chi connectivity index (χ3n) is 2.48. The number of hydrogen-bond donors (Lipinski definition) is 1. The summed E-state index contributed by atoms with van der Waals surface area (Å²) in [5, 5.41) is 2.86. The van der Waals surface area contributed by atoms with Crippen molar-refractivity contribution in [3.63, 3.8) is 0 Å². The van der Waals surface area contributed by atoms with Crippen molar-refractivity contribution in [1.82, 2.24) is 14.9 Å². The number of rotatable bonds is 6. The Bertz CT molecular complexity index is 435. The summed E-state index contributed by atoms with van der Waals surface area (Å²) in [6.07, 6.45) is 1.80. The van der Waals surface area contributed by atoms with Crippen LogP contribution >= 0.6 is 11.6 Å². The van der Waals surface area contributed by atoms with Gasteiger partial charge in [-0.05, 0) is 13.8 Å². The van der Waals surface area contributed by atoms with Gasteiger partial charge < -0.3 is 10.2 Å². The molecule has 0 atom stereocenters. The maximum Gasteiger partial charge on any atom is 0.241 e. The first kappa shape index (κ1) is 14.4. The Kier molecular flexibility index (Phi) is 5.51. The van der Waals surface area contributed by atoms with E-state index >= 15 is 0 Å². The van der Waals surface area contributed by atoms with Gasteiger partial charge >= 0.3 is 0 Å². The summed E-state index contributed by atoms with van der Waals surface area (Å²) in [5.41, 5.74) is 0.159. The summed E-state index contributed by atoms with van der Waals surface area (Å²) in [5.74, 6) is 0.206. The Labute approximate surface area is 110 Å². The van der Waals surface area contributed by atoms with Crippen molar-refractivity contribution in [2.45, 2.75) is 13.8 Å². The van der Waals surface area contributed by atoms with Gasteiger partial charge in [0, 0.05) is 13.1 Å². The summed E-state index contributed by atoms with van der Waals surface area (Å²) in [6, 6.07) is 0. The average molecular weight is 271 g/mol. The normalized spacial score (nSPS) is 9.94. The predicted molar refractivity (Wildman–Crippen MR) is 68.8 cm³/mol. The van der Waals surface area contributed by atoms with Gasteiger partial charge in [-0.3, -0.25) is 9.59 Å². The summed E-state index contributed by atoms with van der Waals surface area (Å²) < 4.78 is 0. The molecular weight excluding hydrogens is 256 g/mol. The zero-order valence-corrected chi connectivity index (χ0v) is 11.1. The maximum atomic E-state index is 11.8. The molecule has 0 unspecified atom stereocenters. The first-order valence-electron chi connectivity index (χ1n) is 5.61. The fraction of sp³-hybridized carbons (Fsp3) is 0.455. The molecule has 1 N–H and O–H groups in total. The Morgan fingerprint density at radius 3 is 2.67 bits per heavy atom. The second-order valence-corrected chi connectivity index (χ2v) is 3.82. The van der Waals surface area contributed by atoms with Crippen molar-refractivity contribution in [2.75, 3.05) is 25.0 Å². The number of carbonyl (C=O) groups is 2. The highest BCUT2D eigenvalue weighted by molar-refractivity contribution is 6.32. The zero-order valence-electron chi connectivity index (χ0n) is 10.3. The van der Waals surface area contributed by atoms with Crippen molar-refractivity contribution in [2.24, 2.45) is 0 Å². The predicted octanol–water partition coefficient (Wildman–Crippen LogP) is 1.22. The topological polar surface area (TPSA) is 75.2 Å². The maximum absolute atomic E-state index is 11.8. The van der Waals surface area contributed by atoms with Crippen LogP contribution in [0, 0.1) is 0 Å². The van der Waals surface area contributed by atoms with Crippen LogP contribution in [0.2, 0.25) is 5.15 Å². The molecule has 0 aliphatic rings. The Balaban J connectivity index is 2.72. The number of aromatic nitrogens is 2. The van der Waals surface area contributed by atoms with Crippen molar-refractivity contribution in [1.29, 1.82) is 0 Å². The van der Waals surface area contributed by atoms with Gasteiger partial charge in [0.2, 0.25) is 5.91 Å². The quantitative estimate of drug-likeness (QED) is 0.621. The molecule has 0 saturated carbocycles.